The number of nitrogens with zero attached hydrogens (tertiary/aromatic N) is 3. The van der Waals surface area contributed by atoms with Crippen molar-refractivity contribution in [3.63, 3.8) is 0 Å². The maximum absolute atomic E-state index is 11.5. The molecular weight excluding hydrogens is 305 g/mol. The lowest BCUT2D eigenvalue weighted by Crippen LogP contribution is -2.26. The second-order valence-corrected chi connectivity index (χ2v) is 4.87. The highest BCUT2D eigenvalue weighted by Gasteiger charge is 2.31. The molecule has 0 spiro atoms. The third-order valence-electron chi connectivity index (χ3n) is 2.02. The first kappa shape index (κ1) is 11.1. The van der Waals surface area contributed by atoms with Gasteiger partial charge < -0.3 is 0 Å². The van der Waals surface area contributed by atoms with Crippen LogP contribution in [-0.2, 0) is 4.79 Å². The minimum Gasteiger partial charge on any atom is -0.293 e. The first-order valence-corrected chi connectivity index (χ1v) is 5.81. The summed E-state index contributed by atoms with van der Waals surface area (Å²) in [6, 6.07) is 0. The van der Waals surface area contributed by atoms with Gasteiger partial charge in [-0.15, -0.1) is 11.6 Å². The molecule has 1 amide bonds. The van der Waals surface area contributed by atoms with Crippen LogP contribution in [0.3, 0.4) is 0 Å². The van der Waals surface area contributed by atoms with E-state index >= 15 is 0 Å². The molecule has 1 aromatic heterocycles. The molecule has 0 bridgehead atoms. The van der Waals surface area contributed by atoms with Gasteiger partial charge >= 0.3 is 0 Å². The van der Waals surface area contributed by atoms with Gasteiger partial charge in [0.1, 0.15) is 5.15 Å². The van der Waals surface area contributed by atoms with Crippen LogP contribution in [0.2, 0.25) is 5.15 Å². The molecule has 7 heteroatoms. The molecule has 4 nitrogen and oxygen atoms in total. The zero-order valence-corrected chi connectivity index (χ0v) is 10.6. The van der Waals surface area contributed by atoms with Crippen molar-refractivity contribution < 1.29 is 4.79 Å². The monoisotopic (exact) mass is 309 g/mol. The van der Waals surface area contributed by atoms with Crippen LogP contribution in [0.1, 0.15) is 6.42 Å². The van der Waals surface area contributed by atoms with E-state index in [2.05, 4.69) is 25.9 Å². The summed E-state index contributed by atoms with van der Waals surface area (Å²) in [5.74, 6) is 0.417. The molecular formula is C8H6BrCl2N3O. The Morgan fingerprint density at radius 1 is 1.60 bits per heavy atom. The van der Waals surface area contributed by atoms with Crippen molar-refractivity contribution in [1.29, 1.82) is 0 Å². The van der Waals surface area contributed by atoms with E-state index in [0.29, 0.717) is 23.4 Å². The number of hydrogen-bond acceptors (Lipinski definition) is 3. The molecule has 0 aliphatic carbocycles. The summed E-state index contributed by atoms with van der Waals surface area (Å²) in [4.78, 5) is 21.1. The molecule has 1 aliphatic heterocycles. The van der Waals surface area contributed by atoms with Crippen LogP contribution in [0.25, 0.3) is 0 Å². The second-order valence-electron chi connectivity index (χ2n) is 3.11. The SMILES string of the molecule is O=C1CC(Cl)CN1c1ncc(Cl)nc1Br. The average Bonchev–Trinajstić information content (AvgIpc) is 2.45. The van der Waals surface area contributed by atoms with Crippen LogP contribution in [0, 0.1) is 0 Å². The molecule has 1 unspecified atom stereocenters. The predicted molar refractivity (Wildman–Crippen MR) is 61.4 cm³/mol. The quantitative estimate of drug-likeness (QED) is 0.747. The molecule has 0 radical (unpaired) electrons. The van der Waals surface area contributed by atoms with Crippen molar-refractivity contribution in [2.45, 2.75) is 11.8 Å². The summed E-state index contributed by atoms with van der Waals surface area (Å²) in [6.07, 6.45) is 1.73. The molecule has 2 rings (SSSR count). The van der Waals surface area contributed by atoms with Gasteiger partial charge in [0.05, 0.1) is 11.6 Å². The largest absolute Gasteiger partial charge is 0.293 e. The van der Waals surface area contributed by atoms with E-state index in [-0.39, 0.29) is 16.4 Å². The summed E-state index contributed by atoms with van der Waals surface area (Å²) >= 11 is 14.7. The molecule has 1 fully saturated rings. The highest BCUT2D eigenvalue weighted by atomic mass is 79.9. The predicted octanol–water partition coefficient (Wildman–Crippen LogP) is 2.24. The van der Waals surface area contributed by atoms with Crippen LogP contribution in [0.15, 0.2) is 10.8 Å². The molecule has 1 saturated heterocycles. The van der Waals surface area contributed by atoms with Gasteiger partial charge in [0, 0.05) is 13.0 Å². The average molecular weight is 311 g/mol. The number of halogens is 3. The number of rotatable bonds is 1. The molecule has 1 aliphatic rings. The Morgan fingerprint density at radius 3 is 2.87 bits per heavy atom. The smallest absolute Gasteiger partial charge is 0.229 e. The van der Waals surface area contributed by atoms with E-state index in [4.69, 9.17) is 23.2 Å². The minimum atomic E-state index is -0.165. The van der Waals surface area contributed by atoms with Gasteiger partial charge in [-0.2, -0.15) is 0 Å². The Bertz CT molecular complexity index is 415. The normalized spacial score (nSPS) is 21.1. The van der Waals surface area contributed by atoms with Gasteiger partial charge in [-0.25, -0.2) is 9.97 Å². The fourth-order valence-corrected chi connectivity index (χ4v) is 2.40. The summed E-state index contributed by atoms with van der Waals surface area (Å²) in [7, 11) is 0. The molecule has 1 atom stereocenters. The summed E-state index contributed by atoms with van der Waals surface area (Å²) < 4.78 is 0.453. The summed E-state index contributed by atoms with van der Waals surface area (Å²) in [5.41, 5.74) is 0. The molecule has 2 heterocycles. The summed E-state index contributed by atoms with van der Waals surface area (Å²) in [5, 5.41) is 0.113. The van der Waals surface area contributed by atoms with E-state index in [0.717, 1.165) is 0 Å². The van der Waals surface area contributed by atoms with E-state index in [1.54, 1.807) is 0 Å². The van der Waals surface area contributed by atoms with Crippen molar-refractivity contribution in [2.75, 3.05) is 11.4 Å². The molecule has 0 aromatic carbocycles. The maximum atomic E-state index is 11.5. The highest BCUT2D eigenvalue weighted by molar-refractivity contribution is 9.10. The number of anilines is 1. The van der Waals surface area contributed by atoms with Crippen LogP contribution in [0.4, 0.5) is 5.82 Å². The summed E-state index contributed by atoms with van der Waals surface area (Å²) in [6.45, 7) is 0.454. The Labute approximate surface area is 105 Å². The van der Waals surface area contributed by atoms with Crippen molar-refractivity contribution in [3.05, 3.63) is 16.0 Å². The zero-order valence-electron chi connectivity index (χ0n) is 7.45. The van der Waals surface area contributed by atoms with E-state index in [1.807, 2.05) is 0 Å². The van der Waals surface area contributed by atoms with E-state index in [9.17, 15) is 4.79 Å². The Balaban J connectivity index is 2.34. The number of amides is 1. The number of hydrogen-bond donors (Lipinski definition) is 0. The van der Waals surface area contributed by atoms with Crippen LogP contribution >= 0.6 is 39.1 Å². The van der Waals surface area contributed by atoms with Crippen LogP contribution in [-0.4, -0.2) is 27.8 Å². The van der Waals surface area contributed by atoms with Crippen molar-refractivity contribution >= 4 is 50.9 Å². The van der Waals surface area contributed by atoms with Crippen LogP contribution < -0.4 is 4.90 Å². The third-order valence-corrected chi connectivity index (χ3v) is 3.02. The molecule has 0 N–H and O–H groups in total. The fourth-order valence-electron chi connectivity index (χ4n) is 1.39. The second kappa shape index (κ2) is 4.23. The lowest BCUT2D eigenvalue weighted by atomic mass is 10.4. The topological polar surface area (TPSA) is 46.1 Å². The third kappa shape index (κ3) is 2.24. The van der Waals surface area contributed by atoms with E-state index < -0.39 is 0 Å². The van der Waals surface area contributed by atoms with Gasteiger partial charge in [0.25, 0.3) is 0 Å². The zero-order chi connectivity index (χ0) is 11.0. The number of carbonyl (C=O) groups is 1. The lowest BCUT2D eigenvalue weighted by Gasteiger charge is -2.15. The first-order chi connectivity index (χ1) is 7.08. The number of carbonyl (C=O) groups excluding carboxylic acids is 1. The van der Waals surface area contributed by atoms with Gasteiger partial charge in [-0.1, -0.05) is 11.6 Å². The Morgan fingerprint density at radius 2 is 2.33 bits per heavy atom. The lowest BCUT2D eigenvalue weighted by molar-refractivity contribution is -0.117. The van der Waals surface area contributed by atoms with Crippen molar-refractivity contribution in [1.82, 2.24) is 9.97 Å². The Kier molecular flexibility index (Phi) is 3.13. The number of alkyl halides is 1. The van der Waals surface area contributed by atoms with E-state index in [1.165, 1.54) is 11.1 Å². The van der Waals surface area contributed by atoms with Gasteiger partial charge in [-0.3, -0.25) is 9.69 Å². The van der Waals surface area contributed by atoms with Crippen LogP contribution in [0.5, 0.6) is 0 Å². The Hall–Kier alpha value is -0.390. The molecule has 15 heavy (non-hydrogen) atoms. The van der Waals surface area contributed by atoms with Gasteiger partial charge in [-0.05, 0) is 15.9 Å². The van der Waals surface area contributed by atoms with Gasteiger partial charge in [0.15, 0.2) is 10.4 Å². The number of aromatic nitrogens is 2. The molecule has 0 saturated carbocycles. The fraction of sp³-hybridized carbons (Fsp3) is 0.375. The maximum Gasteiger partial charge on any atom is 0.229 e. The van der Waals surface area contributed by atoms with Crippen molar-refractivity contribution in [2.24, 2.45) is 0 Å². The first-order valence-electron chi connectivity index (χ1n) is 4.20. The van der Waals surface area contributed by atoms with Gasteiger partial charge in [0.2, 0.25) is 5.91 Å². The molecule has 80 valence electrons. The highest BCUT2D eigenvalue weighted by Crippen LogP contribution is 2.28. The minimum absolute atomic E-state index is 0.0488. The van der Waals surface area contributed by atoms with Crippen molar-refractivity contribution in [3.8, 4) is 0 Å². The standard InChI is InChI=1S/C8H6BrCl2N3O/c9-7-8(12-2-5(11)13-7)14-3-4(10)1-6(14)15/h2,4H,1,3H2. The molecule has 1 aromatic rings.